The van der Waals surface area contributed by atoms with Crippen LogP contribution in [-0.2, 0) is 24.7 Å². The van der Waals surface area contributed by atoms with Gasteiger partial charge in [0.1, 0.15) is 11.5 Å². The Balaban J connectivity index is 1.70. The number of benzene rings is 1. The van der Waals surface area contributed by atoms with E-state index in [1.807, 2.05) is 24.3 Å². The van der Waals surface area contributed by atoms with Crippen LogP contribution in [0.3, 0.4) is 0 Å². The molecule has 0 amide bonds. The number of fused-ring (bicyclic) bond motifs is 1. The van der Waals surface area contributed by atoms with Gasteiger partial charge in [0, 0.05) is 17.7 Å². The first kappa shape index (κ1) is 16.2. The molecule has 1 aromatic heterocycles. The van der Waals surface area contributed by atoms with Crippen molar-refractivity contribution in [2.75, 3.05) is 5.73 Å². The van der Waals surface area contributed by atoms with E-state index in [0.29, 0.717) is 17.7 Å². The number of hydrogen-bond acceptors (Lipinski definition) is 4. The van der Waals surface area contributed by atoms with E-state index in [1.165, 1.54) is 12.0 Å². The van der Waals surface area contributed by atoms with Crippen molar-refractivity contribution >= 4 is 5.69 Å². The van der Waals surface area contributed by atoms with Crippen molar-refractivity contribution < 1.29 is 9.52 Å². The van der Waals surface area contributed by atoms with Crippen LogP contribution in [0.25, 0.3) is 0 Å². The van der Waals surface area contributed by atoms with E-state index in [4.69, 9.17) is 10.2 Å². The lowest BCUT2D eigenvalue weighted by Crippen LogP contribution is -2.20. The van der Waals surface area contributed by atoms with Gasteiger partial charge in [0.05, 0.1) is 5.56 Å². The molecule has 132 valence electrons. The lowest BCUT2D eigenvalue weighted by molar-refractivity contribution is 0.385. The second-order valence-electron chi connectivity index (χ2n) is 7.61. The van der Waals surface area contributed by atoms with Gasteiger partial charge in [-0.15, -0.1) is 0 Å². The maximum Gasteiger partial charge on any atom is 0.342 e. The Morgan fingerprint density at radius 2 is 1.72 bits per heavy atom. The molecule has 1 aromatic carbocycles. The highest BCUT2D eigenvalue weighted by molar-refractivity contribution is 5.47. The molecule has 3 N–H and O–H groups in total. The van der Waals surface area contributed by atoms with Gasteiger partial charge in [0.2, 0.25) is 0 Å². The van der Waals surface area contributed by atoms with Crippen molar-refractivity contribution in [2.45, 2.75) is 63.2 Å². The van der Waals surface area contributed by atoms with E-state index < -0.39 is 0 Å². The Morgan fingerprint density at radius 3 is 2.40 bits per heavy atom. The first-order chi connectivity index (χ1) is 12.1. The van der Waals surface area contributed by atoms with Crippen molar-refractivity contribution in [2.24, 2.45) is 0 Å². The van der Waals surface area contributed by atoms with E-state index in [9.17, 15) is 9.90 Å². The summed E-state index contributed by atoms with van der Waals surface area (Å²) in [6.45, 7) is 0. The molecule has 2 aliphatic rings. The van der Waals surface area contributed by atoms with Gasteiger partial charge >= 0.3 is 5.63 Å². The highest BCUT2D eigenvalue weighted by Crippen LogP contribution is 2.51. The third-order valence-electron chi connectivity index (χ3n) is 5.84. The molecule has 0 unspecified atom stereocenters. The molecule has 2 aliphatic carbocycles. The molecule has 1 fully saturated rings. The maximum absolute atomic E-state index is 12.6. The van der Waals surface area contributed by atoms with Crippen molar-refractivity contribution in [1.82, 2.24) is 0 Å². The van der Waals surface area contributed by atoms with Gasteiger partial charge in [0.15, 0.2) is 0 Å². The third-order valence-corrected chi connectivity index (χ3v) is 5.84. The summed E-state index contributed by atoms with van der Waals surface area (Å²) in [7, 11) is 0. The summed E-state index contributed by atoms with van der Waals surface area (Å²) in [5, 5.41) is 10.8. The Morgan fingerprint density at radius 1 is 1.04 bits per heavy atom. The Hall–Kier alpha value is -2.23. The van der Waals surface area contributed by atoms with E-state index in [0.717, 1.165) is 56.2 Å². The first-order valence-electron chi connectivity index (χ1n) is 9.32. The zero-order chi connectivity index (χ0) is 17.4. The molecule has 1 heterocycles. The fourth-order valence-corrected chi connectivity index (χ4v) is 4.10. The molecular formula is C21H25NO3. The van der Waals surface area contributed by atoms with Gasteiger partial charge in [-0.3, -0.25) is 0 Å². The smallest absolute Gasteiger partial charge is 0.342 e. The van der Waals surface area contributed by atoms with E-state index >= 15 is 0 Å². The minimum atomic E-state index is -0.362. The van der Waals surface area contributed by atoms with Crippen LogP contribution in [0.4, 0.5) is 5.69 Å². The van der Waals surface area contributed by atoms with E-state index in [1.54, 1.807) is 0 Å². The average molecular weight is 339 g/mol. The van der Waals surface area contributed by atoms with Gasteiger partial charge in [-0.2, -0.15) is 0 Å². The standard InChI is InChI=1S/C21H25NO3/c22-15-9-7-14(8-10-15)21(11-12-21)13-17-19(23)16-5-3-1-2-4-6-18(16)25-20(17)24/h7-10,23H,1-6,11-13,22H2. The van der Waals surface area contributed by atoms with Crippen LogP contribution in [0.2, 0.25) is 0 Å². The number of aromatic hydroxyl groups is 1. The van der Waals surface area contributed by atoms with Crippen LogP contribution < -0.4 is 11.4 Å². The third kappa shape index (κ3) is 3.06. The largest absolute Gasteiger partial charge is 0.507 e. The van der Waals surface area contributed by atoms with Gasteiger partial charge in [-0.1, -0.05) is 25.0 Å². The number of hydrogen-bond donors (Lipinski definition) is 2. The molecule has 25 heavy (non-hydrogen) atoms. The summed E-state index contributed by atoms with van der Waals surface area (Å²) in [5.74, 6) is 0.887. The molecular weight excluding hydrogens is 314 g/mol. The van der Waals surface area contributed by atoms with Gasteiger partial charge in [0.25, 0.3) is 0 Å². The molecule has 0 radical (unpaired) electrons. The van der Waals surface area contributed by atoms with E-state index in [2.05, 4.69) is 0 Å². The molecule has 0 aliphatic heterocycles. The molecule has 1 saturated carbocycles. The number of nitrogen functional groups attached to an aromatic ring is 1. The minimum absolute atomic E-state index is 0.0598. The number of anilines is 1. The molecule has 4 heteroatoms. The fraction of sp³-hybridized carbons (Fsp3) is 0.476. The Labute approximate surface area is 147 Å². The lowest BCUT2D eigenvalue weighted by atomic mass is 9.87. The zero-order valence-corrected chi connectivity index (χ0v) is 14.5. The zero-order valence-electron chi connectivity index (χ0n) is 14.5. The maximum atomic E-state index is 12.6. The second-order valence-corrected chi connectivity index (χ2v) is 7.61. The second kappa shape index (κ2) is 6.25. The summed E-state index contributed by atoms with van der Waals surface area (Å²) in [6, 6.07) is 7.87. The van der Waals surface area contributed by atoms with Crippen LogP contribution >= 0.6 is 0 Å². The SMILES string of the molecule is Nc1ccc(C2(Cc3c(O)c4c(oc3=O)CCCCCC4)CC2)cc1. The number of rotatable bonds is 3. The Kier molecular flexibility index (Phi) is 4.06. The molecule has 4 nitrogen and oxygen atoms in total. The van der Waals surface area contributed by atoms with Crippen molar-refractivity contribution in [3.8, 4) is 5.75 Å². The normalized spacial score (nSPS) is 18.9. The van der Waals surface area contributed by atoms with Crippen molar-refractivity contribution in [3.05, 3.63) is 57.1 Å². The molecule has 0 bridgehead atoms. The van der Waals surface area contributed by atoms with Gasteiger partial charge in [-0.25, -0.2) is 4.79 Å². The van der Waals surface area contributed by atoms with E-state index in [-0.39, 0.29) is 16.8 Å². The first-order valence-corrected chi connectivity index (χ1v) is 9.32. The number of aryl methyl sites for hydroxylation is 1. The van der Waals surface area contributed by atoms with Crippen LogP contribution in [0.5, 0.6) is 5.75 Å². The lowest BCUT2D eigenvalue weighted by Gasteiger charge is -2.19. The minimum Gasteiger partial charge on any atom is -0.507 e. The van der Waals surface area contributed by atoms with Crippen LogP contribution in [-0.4, -0.2) is 5.11 Å². The molecule has 0 spiro atoms. The monoisotopic (exact) mass is 339 g/mol. The summed E-state index contributed by atoms with van der Waals surface area (Å²) in [4.78, 5) is 12.6. The van der Waals surface area contributed by atoms with Gasteiger partial charge < -0.3 is 15.3 Å². The predicted octanol–water partition coefficient (Wildman–Crippen LogP) is 3.86. The summed E-state index contributed by atoms with van der Waals surface area (Å²) in [5.41, 5.74) is 8.61. The number of nitrogens with two attached hydrogens (primary N) is 1. The summed E-state index contributed by atoms with van der Waals surface area (Å²) >= 11 is 0. The molecule has 4 rings (SSSR count). The highest BCUT2D eigenvalue weighted by Gasteiger charge is 2.45. The van der Waals surface area contributed by atoms with Crippen LogP contribution in [0, 0.1) is 0 Å². The Bertz CT molecular complexity index is 831. The van der Waals surface area contributed by atoms with Crippen LogP contribution in [0.1, 0.15) is 61.0 Å². The fourth-order valence-electron chi connectivity index (χ4n) is 4.10. The topological polar surface area (TPSA) is 76.5 Å². The highest BCUT2D eigenvalue weighted by atomic mass is 16.4. The molecule has 0 atom stereocenters. The van der Waals surface area contributed by atoms with Crippen LogP contribution in [0.15, 0.2) is 33.5 Å². The quantitative estimate of drug-likeness (QED) is 0.833. The predicted molar refractivity (Wildman–Crippen MR) is 98.0 cm³/mol. The average Bonchev–Trinajstić information content (AvgIpc) is 3.35. The summed E-state index contributed by atoms with van der Waals surface area (Å²) < 4.78 is 5.64. The molecule has 2 aromatic rings. The van der Waals surface area contributed by atoms with Crippen molar-refractivity contribution in [1.29, 1.82) is 0 Å². The summed E-state index contributed by atoms with van der Waals surface area (Å²) in [6.07, 6.45) is 8.52. The van der Waals surface area contributed by atoms with Crippen molar-refractivity contribution in [3.63, 3.8) is 0 Å². The molecule has 0 saturated heterocycles. The van der Waals surface area contributed by atoms with Gasteiger partial charge in [-0.05, 0) is 61.6 Å².